The molecule has 0 unspecified atom stereocenters. The SMILES string of the molecule is COc1ccc([C@@H](CCC(F)(F)F)N2CCNCC2)c(C)c1. The maximum Gasteiger partial charge on any atom is 0.389 e. The Morgan fingerprint density at radius 2 is 1.95 bits per heavy atom. The van der Waals surface area contributed by atoms with E-state index in [4.69, 9.17) is 4.74 Å². The molecule has 0 aromatic heterocycles. The van der Waals surface area contributed by atoms with Gasteiger partial charge >= 0.3 is 6.18 Å². The van der Waals surface area contributed by atoms with E-state index in [1.165, 1.54) is 0 Å². The van der Waals surface area contributed by atoms with E-state index in [2.05, 4.69) is 10.2 Å². The first-order valence-corrected chi connectivity index (χ1v) is 7.57. The van der Waals surface area contributed by atoms with Gasteiger partial charge in [-0.25, -0.2) is 0 Å². The van der Waals surface area contributed by atoms with E-state index in [9.17, 15) is 13.2 Å². The Labute approximate surface area is 129 Å². The second-order valence-electron chi connectivity index (χ2n) is 5.68. The molecule has 124 valence electrons. The summed E-state index contributed by atoms with van der Waals surface area (Å²) in [6.07, 6.45) is -4.78. The van der Waals surface area contributed by atoms with Gasteiger partial charge in [0.25, 0.3) is 0 Å². The third kappa shape index (κ3) is 4.61. The molecular weight excluding hydrogens is 293 g/mol. The molecule has 0 saturated carbocycles. The van der Waals surface area contributed by atoms with Gasteiger partial charge in [-0.1, -0.05) is 6.07 Å². The van der Waals surface area contributed by atoms with Gasteiger partial charge in [0.2, 0.25) is 0 Å². The van der Waals surface area contributed by atoms with Crippen molar-refractivity contribution in [2.75, 3.05) is 33.3 Å². The molecule has 0 radical (unpaired) electrons. The van der Waals surface area contributed by atoms with Crippen molar-refractivity contribution < 1.29 is 17.9 Å². The Bertz CT molecular complexity index is 485. The topological polar surface area (TPSA) is 24.5 Å². The molecule has 22 heavy (non-hydrogen) atoms. The highest BCUT2D eigenvalue weighted by atomic mass is 19.4. The van der Waals surface area contributed by atoms with Crippen molar-refractivity contribution in [3.8, 4) is 5.75 Å². The van der Waals surface area contributed by atoms with Crippen molar-refractivity contribution in [1.82, 2.24) is 10.2 Å². The summed E-state index contributed by atoms with van der Waals surface area (Å²) in [7, 11) is 1.59. The fourth-order valence-electron chi connectivity index (χ4n) is 2.98. The van der Waals surface area contributed by atoms with Crippen LogP contribution in [0.2, 0.25) is 0 Å². The highest BCUT2D eigenvalue weighted by Gasteiger charge is 2.31. The number of methoxy groups -OCH3 is 1. The molecule has 1 fully saturated rings. The highest BCUT2D eigenvalue weighted by Crippen LogP contribution is 2.34. The number of halogens is 3. The summed E-state index contributed by atoms with van der Waals surface area (Å²) in [5, 5.41) is 3.24. The first kappa shape index (κ1) is 17.1. The summed E-state index contributed by atoms with van der Waals surface area (Å²) < 4.78 is 43.2. The van der Waals surface area contributed by atoms with Crippen LogP contribution >= 0.6 is 0 Å². The van der Waals surface area contributed by atoms with Crippen LogP contribution in [0.4, 0.5) is 13.2 Å². The normalized spacial score (nSPS) is 18.2. The minimum Gasteiger partial charge on any atom is -0.497 e. The Hall–Kier alpha value is -1.27. The van der Waals surface area contributed by atoms with E-state index in [0.29, 0.717) is 0 Å². The minimum atomic E-state index is -4.12. The van der Waals surface area contributed by atoms with Gasteiger partial charge in [0.15, 0.2) is 0 Å². The quantitative estimate of drug-likeness (QED) is 0.902. The lowest BCUT2D eigenvalue weighted by atomic mass is 9.95. The first-order valence-electron chi connectivity index (χ1n) is 7.57. The zero-order valence-corrected chi connectivity index (χ0v) is 13.0. The maximum absolute atomic E-state index is 12.7. The standard InChI is InChI=1S/C16H23F3N2O/c1-12-11-13(22-2)3-4-14(12)15(5-6-16(17,18)19)21-9-7-20-8-10-21/h3-4,11,15,20H,5-10H2,1-2H3/t15-/m1/s1. The summed E-state index contributed by atoms with van der Waals surface area (Å²) in [6, 6.07) is 5.41. The smallest absolute Gasteiger partial charge is 0.389 e. The second kappa shape index (κ2) is 7.33. The van der Waals surface area contributed by atoms with Crippen molar-refractivity contribution in [3.63, 3.8) is 0 Å². The Kier molecular flexibility index (Phi) is 5.69. The Morgan fingerprint density at radius 1 is 1.27 bits per heavy atom. The number of ether oxygens (including phenoxy) is 1. The fraction of sp³-hybridized carbons (Fsp3) is 0.625. The van der Waals surface area contributed by atoms with E-state index in [1.807, 2.05) is 25.1 Å². The predicted octanol–water partition coefficient (Wildman–Crippen LogP) is 3.29. The number of benzene rings is 1. The maximum atomic E-state index is 12.7. The Morgan fingerprint density at radius 3 is 2.50 bits per heavy atom. The molecule has 1 aliphatic rings. The molecule has 1 aliphatic heterocycles. The summed E-state index contributed by atoms with van der Waals surface area (Å²) >= 11 is 0. The predicted molar refractivity (Wildman–Crippen MR) is 80.2 cm³/mol. The average Bonchev–Trinajstić information content (AvgIpc) is 2.48. The van der Waals surface area contributed by atoms with Crippen molar-refractivity contribution in [2.24, 2.45) is 0 Å². The molecule has 1 atom stereocenters. The molecule has 0 bridgehead atoms. The minimum absolute atomic E-state index is 0.0939. The van der Waals surface area contributed by atoms with Crippen LogP contribution in [0.1, 0.15) is 30.0 Å². The third-order valence-electron chi connectivity index (χ3n) is 4.13. The lowest BCUT2D eigenvalue weighted by Crippen LogP contribution is -2.45. The van der Waals surface area contributed by atoms with Crippen LogP contribution in [0.5, 0.6) is 5.75 Å². The fourth-order valence-corrected chi connectivity index (χ4v) is 2.98. The monoisotopic (exact) mass is 316 g/mol. The number of piperazine rings is 1. The van der Waals surface area contributed by atoms with E-state index < -0.39 is 12.6 Å². The Balaban J connectivity index is 2.22. The van der Waals surface area contributed by atoms with Crippen molar-refractivity contribution in [1.29, 1.82) is 0 Å². The van der Waals surface area contributed by atoms with Gasteiger partial charge in [0.05, 0.1) is 7.11 Å². The third-order valence-corrected chi connectivity index (χ3v) is 4.13. The van der Waals surface area contributed by atoms with Gasteiger partial charge in [-0.2, -0.15) is 13.2 Å². The van der Waals surface area contributed by atoms with Crippen molar-refractivity contribution in [2.45, 2.75) is 32.0 Å². The summed E-state index contributed by atoms with van der Waals surface area (Å²) in [5.74, 6) is 0.733. The van der Waals surface area contributed by atoms with Crippen LogP contribution in [-0.4, -0.2) is 44.4 Å². The molecule has 1 N–H and O–H groups in total. The van der Waals surface area contributed by atoms with Gasteiger partial charge in [0, 0.05) is 38.6 Å². The van der Waals surface area contributed by atoms with Crippen molar-refractivity contribution >= 4 is 0 Å². The number of alkyl halides is 3. The number of aryl methyl sites for hydroxylation is 1. The largest absolute Gasteiger partial charge is 0.497 e. The van der Waals surface area contributed by atoms with Crippen LogP contribution in [0.15, 0.2) is 18.2 Å². The van der Waals surface area contributed by atoms with Gasteiger partial charge in [0.1, 0.15) is 5.75 Å². The van der Waals surface area contributed by atoms with Crippen molar-refractivity contribution in [3.05, 3.63) is 29.3 Å². The molecule has 0 amide bonds. The second-order valence-corrected chi connectivity index (χ2v) is 5.68. The molecule has 2 rings (SSSR count). The summed E-state index contributed by atoms with van der Waals surface area (Å²) in [5.41, 5.74) is 1.94. The lowest BCUT2D eigenvalue weighted by molar-refractivity contribution is -0.138. The van der Waals surface area contributed by atoms with E-state index in [-0.39, 0.29) is 12.5 Å². The molecule has 1 saturated heterocycles. The van der Waals surface area contributed by atoms with Crippen LogP contribution < -0.4 is 10.1 Å². The zero-order valence-electron chi connectivity index (χ0n) is 13.0. The number of hydrogen-bond donors (Lipinski definition) is 1. The average molecular weight is 316 g/mol. The number of nitrogens with zero attached hydrogens (tertiary/aromatic N) is 1. The summed E-state index contributed by atoms with van der Waals surface area (Å²) in [6.45, 7) is 5.11. The van der Waals surface area contributed by atoms with E-state index >= 15 is 0 Å². The molecule has 1 heterocycles. The lowest BCUT2D eigenvalue weighted by Gasteiger charge is -2.36. The van der Waals surface area contributed by atoms with Crippen LogP contribution in [0, 0.1) is 6.92 Å². The van der Waals surface area contributed by atoms with Crippen LogP contribution in [0.25, 0.3) is 0 Å². The molecular formula is C16H23F3N2O. The summed E-state index contributed by atoms with van der Waals surface area (Å²) in [4.78, 5) is 2.15. The first-order chi connectivity index (χ1) is 10.4. The molecule has 1 aromatic carbocycles. The van der Waals surface area contributed by atoms with E-state index in [0.717, 1.165) is 43.1 Å². The number of hydrogen-bond acceptors (Lipinski definition) is 3. The molecule has 0 aliphatic carbocycles. The molecule has 0 spiro atoms. The van der Waals surface area contributed by atoms with Gasteiger partial charge in [-0.15, -0.1) is 0 Å². The van der Waals surface area contributed by atoms with Gasteiger partial charge in [-0.3, -0.25) is 4.90 Å². The molecule has 3 nitrogen and oxygen atoms in total. The zero-order chi connectivity index (χ0) is 16.2. The van der Waals surface area contributed by atoms with Gasteiger partial charge < -0.3 is 10.1 Å². The number of nitrogens with one attached hydrogen (secondary N) is 1. The van der Waals surface area contributed by atoms with Gasteiger partial charge in [-0.05, 0) is 36.6 Å². The van der Waals surface area contributed by atoms with Crippen LogP contribution in [-0.2, 0) is 0 Å². The molecule has 6 heteroatoms. The molecule has 1 aromatic rings. The highest BCUT2D eigenvalue weighted by molar-refractivity contribution is 5.36. The number of rotatable bonds is 5. The van der Waals surface area contributed by atoms with E-state index in [1.54, 1.807) is 7.11 Å². The van der Waals surface area contributed by atoms with Crippen LogP contribution in [0.3, 0.4) is 0 Å².